The molecule has 0 N–H and O–H groups in total. The molecule has 0 aliphatic heterocycles. The summed E-state index contributed by atoms with van der Waals surface area (Å²) in [6.07, 6.45) is 4.55. The third kappa shape index (κ3) is 3.22. The van der Waals surface area contributed by atoms with E-state index in [2.05, 4.69) is 68.4 Å². The Hall–Kier alpha value is -1.57. The van der Waals surface area contributed by atoms with Crippen LogP contribution in [0.25, 0.3) is 5.57 Å². The van der Waals surface area contributed by atoms with Crippen LogP contribution in [-0.4, -0.2) is 25.5 Å². The molecule has 0 saturated carbocycles. The summed E-state index contributed by atoms with van der Waals surface area (Å²) in [4.78, 5) is 2.23. The minimum Gasteiger partial charge on any atom is -0.309 e. The monoisotopic (exact) mass is 325 g/mol. The zero-order valence-electron chi connectivity index (χ0n) is 14.1. The number of rotatable bonds is 4. The Kier molecular flexibility index (Phi) is 4.61. The fourth-order valence-electron chi connectivity index (χ4n) is 3.59. The first-order valence-corrected chi connectivity index (χ1v) is 8.58. The van der Waals surface area contributed by atoms with Crippen LogP contribution < -0.4 is 0 Å². The predicted molar refractivity (Wildman–Crippen MR) is 100 cm³/mol. The Bertz CT molecular complexity index is 715. The summed E-state index contributed by atoms with van der Waals surface area (Å²) in [6.45, 7) is 3.43. The van der Waals surface area contributed by atoms with E-state index in [0.717, 1.165) is 24.4 Å². The third-order valence-electron chi connectivity index (χ3n) is 4.85. The lowest BCUT2D eigenvalue weighted by Crippen LogP contribution is -2.22. The fraction of sp³-hybridized carbons (Fsp3) is 0.333. The Morgan fingerprint density at radius 1 is 1.09 bits per heavy atom. The molecule has 3 rings (SSSR count). The molecule has 23 heavy (non-hydrogen) atoms. The minimum absolute atomic E-state index is 0.0284. The summed E-state index contributed by atoms with van der Waals surface area (Å²) in [7, 11) is 4.25. The zero-order valence-corrected chi connectivity index (χ0v) is 14.9. The van der Waals surface area contributed by atoms with Crippen LogP contribution >= 0.6 is 11.6 Å². The lowest BCUT2D eigenvalue weighted by atomic mass is 9.76. The van der Waals surface area contributed by atoms with E-state index in [1.165, 1.54) is 22.3 Å². The molecule has 120 valence electrons. The number of nitrogens with zero attached hydrogens (tertiary/aromatic N) is 1. The maximum absolute atomic E-state index is 6.09. The molecular weight excluding hydrogens is 302 g/mol. The van der Waals surface area contributed by atoms with Crippen LogP contribution in [0.15, 0.2) is 54.6 Å². The van der Waals surface area contributed by atoms with Gasteiger partial charge in [-0.25, -0.2) is 0 Å². The lowest BCUT2D eigenvalue weighted by Gasteiger charge is -2.27. The Morgan fingerprint density at radius 3 is 2.48 bits per heavy atom. The van der Waals surface area contributed by atoms with Gasteiger partial charge in [0, 0.05) is 17.0 Å². The molecule has 2 heteroatoms. The molecule has 0 heterocycles. The first-order valence-electron chi connectivity index (χ1n) is 8.20. The Morgan fingerprint density at radius 2 is 1.78 bits per heavy atom. The number of allylic oxidation sites excluding steroid dienone is 1. The van der Waals surface area contributed by atoms with Gasteiger partial charge in [-0.15, -0.1) is 0 Å². The SMILES string of the molecule is CN(C)CC/C=C1\c2ccccc2CC1(C)c1ccc(Cl)cc1. The van der Waals surface area contributed by atoms with Crippen molar-refractivity contribution in [3.05, 3.63) is 76.3 Å². The van der Waals surface area contributed by atoms with E-state index < -0.39 is 0 Å². The largest absolute Gasteiger partial charge is 0.309 e. The molecule has 1 aliphatic rings. The summed E-state index contributed by atoms with van der Waals surface area (Å²) in [5, 5.41) is 0.797. The van der Waals surface area contributed by atoms with Crippen LogP contribution in [0, 0.1) is 0 Å². The van der Waals surface area contributed by atoms with Crippen LogP contribution in [0.2, 0.25) is 5.02 Å². The van der Waals surface area contributed by atoms with Crippen molar-refractivity contribution in [1.82, 2.24) is 4.90 Å². The lowest BCUT2D eigenvalue weighted by molar-refractivity contribution is 0.417. The third-order valence-corrected chi connectivity index (χ3v) is 5.10. The van der Waals surface area contributed by atoms with E-state index in [-0.39, 0.29) is 5.41 Å². The average Bonchev–Trinajstić information content (AvgIpc) is 2.81. The second kappa shape index (κ2) is 6.51. The highest BCUT2D eigenvalue weighted by molar-refractivity contribution is 6.30. The van der Waals surface area contributed by atoms with E-state index in [9.17, 15) is 0 Å². The summed E-state index contributed by atoms with van der Waals surface area (Å²) in [5.41, 5.74) is 5.68. The number of halogens is 1. The van der Waals surface area contributed by atoms with Crippen LogP contribution in [0.3, 0.4) is 0 Å². The van der Waals surface area contributed by atoms with Gasteiger partial charge in [-0.05, 0) is 61.3 Å². The Labute approximate surface area is 144 Å². The molecule has 0 radical (unpaired) electrons. The van der Waals surface area contributed by atoms with Crippen LogP contribution in [0.4, 0.5) is 0 Å². The van der Waals surface area contributed by atoms with Crippen molar-refractivity contribution in [3.8, 4) is 0 Å². The van der Waals surface area contributed by atoms with Crippen molar-refractivity contribution in [3.63, 3.8) is 0 Å². The number of fused-ring (bicyclic) bond motifs is 1. The highest BCUT2D eigenvalue weighted by atomic mass is 35.5. The van der Waals surface area contributed by atoms with Gasteiger partial charge in [0.15, 0.2) is 0 Å². The minimum atomic E-state index is 0.0284. The molecule has 0 aromatic heterocycles. The maximum Gasteiger partial charge on any atom is 0.0406 e. The highest BCUT2D eigenvalue weighted by Crippen LogP contribution is 2.48. The molecule has 0 bridgehead atoms. The number of hydrogen-bond donors (Lipinski definition) is 0. The molecule has 1 nitrogen and oxygen atoms in total. The molecule has 0 fully saturated rings. The standard InChI is InChI=1S/C21H24ClN/c1-21(17-10-12-18(22)13-11-17)15-16-7-4-5-8-19(16)20(21)9-6-14-23(2)3/h4-5,7-13H,6,14-15H2,1-3H3/b20-9+. The van der Waals surface area contributed by atoms with Crippen molar-refractivity contribution in [2.45, 2.75) is 25.2 Å². The normalized spacial score (nSPS) is 21.9. The van der Waals surface area contributed by atoms with Crippen molar-refractivity contribution in [2.75, 3.05) is 20.6 Å². The van der Waals surface area contributed by atoms with Crippen LogP contribution in [0.5, 0.6) is 0 Å². The van der Waals surface area contributed by atoms with Gasteiger partial charge in [0.2, 0.25) is 0 Å². The Balaban J connectivity index is 2.03. The van der Waals surface area contributed by atoms with E-state index in [1.54, 1.807) is 0 Å². The van der Waals surface area contributed by atoms with Gasteiger partial charge >= 0.3 is 0 Å². The van der Waals surface area contributed by atoms with Gasteiger partial charge in [0.1, 0.15) is 0 Å². The number of hydrogen-bond acceptors (Lipinski definition) is 1. The topological polar surface area (TPSA) is 3.24 Å². The van der Waals surface area contributed by atoms with Gasteiger partial charge in [-0.2, -0.15) is 0 Å². The molecular formula is C21H24ClN. The molecule has 0 spiro atoms. The van der Waals surface area contributed by atoms with E-state index in [0.29, 0.717) is 0 Å². The van der Waals surface area contributed by atoms with Gasteiger partial charge in [0.25, 0.3) is 0 Å². The summed E-state index contributed by atoms with van der Waals surface area (Å²) >= 11 is 6.09. The molecule has 1 aliphatic carbocycles. The first kappa shape index (κ1) is 16.3. The van der Waals surface area contributed by atoms with E-state index in [4.69, 9.17) is 11.6 Å². The second-order valence-electron chi connectivity index (χ2n) is 6.88. The highest BCUT2D eigenvalue weighted by Gasteiger charge is 2.38. The number of benzene rings is 2. The van der Waals surface area contributed by atoms with Gasteiger partial charge in [-0.3, -0.25) is 0 Å². The van der Waals surface area contributed by atoms with Crippen molar-refractivity contribution < 1.29 is 0 Å². The average molecular weight is 326 g/mol. The zero-order chi connectivity index (χ0) is 16.4. The molecule has 1 unspecified atom stereocenters. The van der Waals surface area contributed by atoms with E-state index >= 15 is 0 Å². The first-order chi connectivity index (χ1) is 11.0. The molecule has 0 amide bonds. The quantitative estimate of drug-likeness (QED) is 0.747. The predicted octanol–water partition coefficient (Wildman–Crippen LogP) is 5.19. The van der Waals surface area contributed by atoms with Crippen molar-refractivity contribution in [1.29, 1.82) is 0 Å². The smallest absolute Gasteiger partial charge is 0.0406 e. The van der Waals surface area contributed by atoms with Crippen molar-refractivity contribution in [2.24, 2.45) is 0 Å². The molecule has 2 aromatic carbocycles. The maximum atomic E-state index is 6.09. The fourth-order valence-corrected chi connectivity index (χ4v) is 3.71. The van der Waals surface area contributed by atoms with Crippen molar-refractivity contribution >= 4 is 17.2 Å². The molecule has 2 aromatic rings. The summed E-state index contributed by atoms with van der Waals surface area (Å²) < 4.78 is 0. The second-order valence-corrected chi connectivity index (χ2v) is 7.32. The van der Waals surface area contributed by atoms with Crippen LogP contribution in [-0.2, 0) is 11.8 Å². The van der Waals surface area contributed by atoms with Gasteiger partial charge in [-0.1, -0.05) is 61.0 Å². The molecule has 0 saturated heterocycles. The molecule has 1 atom stereocenters. The van der Waals surface area contributed by atoms with E-state index in [1.807, 2.05) is 12.1 Å². The summed E-state index contributed by atoms with van der Waals surface area (Å²) in [6, 6.07) is 17.2. The van der Waals surface area contributed by atoms with Gasteiger partial charge in [0.05, 0.1) is 0 Å². The van der Waals surface area contributed by atoms with Gasteiger partial charge < -0.3 is 4.90 Å². The van der Waals surface area contributed by atoms with Crippen LogP contribution in [0.1, 0.15) is 30.0 Å². The summed E-state index contributed by atoms with van der Waals surface area (Å²) in [5.74, 6) is 0.